The average molecular weight is 313 g/mol. The van der Waals surface area contributed by atoms with Gasteiger partial charge in [0, 0.05) is 0 Å². The number of benzene rings is 1. The van der Waals surface area contributed by atoms with Crippen LogP contribution in [0.3, 0.4) is 0 Å². The first-order valence-electron chi connectivity index (χ1n) is 5.95. The van der Waals surface area contributed by atoms with Crippen molar-refractivity contribution in [2.75, 3.05) is 0 Å². The van der Waals surface area contributed by atoms with Crippen LogP contribution in [0.2, 0.25) is 0 Å². The molecular weight excluding hydrogens is 296 g/mol. The van der Waals surface area contributed by atoms with Crippen molar-refractivity contribution in [2.24, 2.45) is 0 Å². The fourth-order valence-corrected chi connectivity index (χ4v) is 3.48. The topological polar surface area (TPSA) is 0 Å². The SMILES string of the molecule is [2H]/C(=C/C1=CCCCC1)[Te]c1ccccc1. The number of allylic oxidation sites excluding steroid dienone is 3. The van der Waals surface area contributed by atoms with Crippen LogP contribution in [0.5, 0.6) is 0 Å². The van der Waals surface area contributed by atoms with Crippen LogP contribution < -0.4 is 3.61 Å². The first kappa shape index (κ1) is 9.70. The Morgan fingerprint density at radius 1 is 1.20 bits per heavy atom. The summed E-state index contributed by atoms with van der Waals surface area (Å²) in [5.41, 5.74) is 1.39. The fourth-order valence-electron chi connectivity index (χ4n) is 1.66. The second kappa shape index (κ2) is 6.16. The van der Waals surface area contributed by atoms with E-state index in [9.17, 15) is 0 Å². The molecule has 0 N–H and O–H groups in total. The van der Waals surface area contributed by atoms with Gasteiger partial charge in [0.25, 0.3) is 0 Å². The van der Waals surface area contributed by atoms with Crippen molar-refractivity contribution in [3.63, 3.8) is 0 Å². The second-order valence-electron chi connectivity index (χ2n) is 3.70. The summed E-state index contributed by atoms with van der Waals surface area (Å²) in [5.74, 6) is 0. The van der Waals surface area contributed by atoms with Crippen molar-refractivity contribution >= 4 is 24.5 Å². The third-order valence-corrected chi connectivity index (χ3v) is 4.61. The Bertz CT molecular complexity index is 392. The summed E-state index contributed by atoms with van der Waals surface area (Å²) in [4.78, 5) is 0. The summed E-state index contributed by atoms with van der Waals surface area (Å²) in [6.07, 6.45) is 9.39. The maximum atomic E-state index is 8.02. The molecule has 15 heavy (non-hydrogen) atoms. The average Bonchev–Trinajstić information content (AvgIpc) is 2.31. The third kappa shape index (κ3) is 3.86. The van der Waals surface area contributed by atoms with E-state index in [2.05, 4.69) is 36.4 Å². The van der Waals surface area contributed by atoms with Gasteiger partial charge in [-0.1, -0.05) is 0 Å². The van der Waals surface area contributed by atoms with Crippen LogP contribution in [0, 0.1) is 0 Å². The Balaban J connectivity index is 1.99. The van der Waals surface area contributed by atoms with Crippen molar-refractivity contribution in [1.82, 2.24) is 0 Å². The predicted octanol–water partition coefficient (Wildman–Crippen LogP) is 3.03. The molecule has 0 aliphatic heterocycles. The Labute approximate surface area is 104 Å². The van der Waals surface area contributed by atoms with Crippen molar-refractivity contribution in [3.8, 4) is 0 Å². The molecule has 0 radical (unpaired) electrons. The van der Waals surface area contributed by atoms with Gasteiger partial charge in [-0.05, 0) is 0 Å². The van der Waals surface area contributed by atoms with Gasteiger partial charge in [-0.15, -0.1) is 0 Å². The van der Waals surface area contributed by atoms with E-state index >= 15 is 0 Å². The molecule has 1 aromatic rings. The molecule has 0 bridgehead atoms. The normalized spacial score (nSPS) is 18.3. The molecule has 0 unspecified atom stereocenters. The van der Waals surface area contributed by atoms with E-state index in [1.807, 2.05) is 6.07 Å². The number of hydrogen-bond donors (Lipinski definition) is 0. The summed E-state index contributed by atoms with van der Waals surface area (Å²) in [6, 6.07) is 10.4. The van der Waals surface area contributed by atoms with Gasteiger partial charge < -0.3 is 0 Å². The molecule has 1 aromatic carbocycles. The van der Waals surface area contributed by atoms with E-state index < -0.39 is 20.9 Å². The molecule has 0 heterocycles. The molecule has 0 saturated carbocycles. The molecule has 0 spiro atoms. The van der Waals surface area contributed by atoms with E-state index in [-0.39, 0.29) is 0 Å². The van der Waals surface area contributed by atoms with Crippen molar-refractivity contribution in [2.45, 2.75) is 25.7 Å². The number of hydrogen-bond acceptors (Lipinski definition) is 0. The molecule has 78 valence electrons. The van der Waals surface area contributed by atoms with Crippen LogP contribution in [0.15, 0.2) is 52.2 Å². The van der Waals surface area contributed by atoms with Crippen LogP contribution in [0.25, 0.3) is 0 Å². The zero-order valence-electron chi connectivity index (χ0n) is 9.78. The quantitative estimate of drug-likeness (QED) is 0.753. The molecular formula is C14H16Te. The Morgan fingerprint density at radius 3 is 2.80 bits per heavy atom. The predicted molar refractivity (Wildman–Crippen MR) is 67.5 cm³/mol. The standard InChI is InChI=1S/C14H16Te/c1-3-7-13(8-4-1)11-12-15-14-9-5-2-6-10-14/h2,5-7,9-12H,1,3-4,8H2/b12-11-/i12D. The first-order valence-corrected chi connectivity index (χ1v) is 7.78. The molecule has 0 aromatic heterocycles. The summed E-state index contributed by atoms with van der Waals surface area (Å²) in [7, 11) is 0. The third-order valence-electron chi connectivity index (χ3n) is 2.49. The Kier molecular flexibility index (Phi) is 3.98. The molecule has 2 rings (SSSR count). The van der Waals surface area contributed by atoms with Gasteiger partial charge in [0.05, 0.1) is 0 Å². The van der Waals surface area contributed by atoms with Gasteiger partial charge in [-0.25, -0.2) is 0 Å². The van der Waals surface area contributed by atoms with E-state index in [0.29, 0.717) is 0 Å². The number of rotatable bonds is 3. The minimum absolute atomic E-state index is 0.462. The zero-order chi connectivity index (χ0) is 11.2. The van der Waals surface area contributed by atoms with Gasteiger partial charge in [0.2, 0.25) is 0 Å². The molecule has 1 aliphatic carbocycles. The van der Waals surface area contributed by atoms with E-state index in [1.54, 1.807) is 0 Å². The summed E-state index contributed by atoms with van der Waals surface area (Å²) < 4.78 is 10.2. The fraction of sp³-hybridized carbons (Fsp3) is 0.286. The Morgan fingerprint density at radius 2 is 2.07 bits per heavy atom. The van der Waals surface area contributed by atoms with Crippen molar-refractivity contribution in [1.29, 1.82) is 0 Å². The summed E-state index contributed by atoms with van der Waals surface area (Å²) in [5, 5.41) is 0. The van der Waals surface area contributed by atoms with Gasteiger partial charge in [-0.3, -0.25) is 0 Å². The van der Waals surface area contributed by atoms with E-state index in [1.165, 1.54) is 34.9 Å². The summed E-state index contributed by atoms with van der Waals surface area (Å²) in [6.45, 7) is 0. The Hall–Kier alpha value is -0.510. The van der Waals surface area contributed by atoms with E-state index in [4.69, 9.17) is 1.37 Å². The van der Waals surface area contributed by atoms with Crippen molar-refractivity contribution in [3.05, 3.63) is 52.2 Å². The van der Waals surface area contributed by atoms with E-state index in [0.717, 1.165) is 4.10 Å². The van der Waals surface area contributed by atoms with Gasteiger partial charge in [-0.2, -0.15) is 0 Å². The van der Waals surface area contributed by atoms with Crippen LogP contribution >= 0.6 is 0 Å². The zero-order valence-corrected chi connectivity index (χ0v) is 11.1. The van der Waals surface area contributed by atoms with Crippen LogP contribution in [0.4, 0.5) is 0 Å². The second-order valence-corrected chi connectivity index (χ2v) is 6.30. The maximum absolute atomic E-state index is 8.02. The van der Waals surface area contributed by atoms with Crippen LogP contribution in [-0.4, -0.2) is 20.9 Å². The minimum atomic E-state index is -0.462. The van der Waals surface area contributed by atoms with Crippen molar-refractivity contribution < 1.29 is 1.37 Å². The van der Waals surface area contributed by atoms with Gasteiger partial charge in [0.15, 0.2) is 0 Å². The molecule has 1 heteroatoms. The summed E-state index contributed by atoms with van der Waals surface area (Å²) >= 11 is -0.462. The van der Waals surface area contributed by atoms with Gasteiger partial charge >= 0.3 is 104 Å². The van der Waals surface area contributed by atoms with Crippen LogP contribution in [0.1, 0.15) is 27.1 Å². The molecule has 1 aliphatic rings. The molecule has 0 amide bonds. The van der Waals surface area contributed by atoms with Crippen LogP contribution in [-0.2, 0) is 0 Å². The monoisotopic (exact) mass is 315 g/mol. The molecule has 0 saturated heterocycles. The first-order chi connectivity index (χ1) is 7.84. The molecule has 0 atom stereocenters. The van der Waals surface area contributed by atoms with Gasteiger partial charge in [0.1, 0.15) is 0 Å². The molecule has 0 nitrogen and oxygen atoms in total. The molecule has 0 fully saturated rings.